The van der Waals surface area contributed by atoms with Crippen LogP contribution in [0, 0.1) is 17.6 Å². The lowest BCUT2D eigenvalue weighted by molar-refractivity contribution is -0.125. The highest BCUT2D eigenvalue weighted by molar-refractivity contribution is 5.96. The first-order chi connectivity index (χ1) is 23.1. The number of rotatable bonds is 11. The van der Waals surface area contributed by atoms with Gasteiger partial charge in [-0.3, -0.25) is 19.5 Å². The van der Waals surface area contributed by atoms with Gasteiger partial charge < -0.3 is 19.5 Å². The Kier molecular flexibility index (Phi) is 9.24. The Morgan fingerprint density at radius 1 is 1.08 bits per heavy atom. The number of carbonyl (C=O) groups is 2. The van der Waals surface area contributed by atoms with Crippen molar-refractivity contribution < 1.29 is 23.1 Å². The van der Waals surface area contributed by atoms with Crippen molar-refractivity contribution in [1.29, 1.82) is 0 Å². The number of amides is 2. The van der Waals surface area contributed by atoms with Crippen LogP contribution in [-0.2, 0) is 30.9 Å². The average Bonchev–Trinajstić information content (AvgIpc) is 3.50. The number of aromatic nitrogens is 6. The molecular weight excluding hydrogens is 622 g/mol. The monoisotopic (exact) mass is 656 g/mol. The van der Waals surface area contributed by atoms with Crippen molar-refractivity contribution >= 4 is 22.8 Å². The van der Waals surface area contributed by atoms with Gasteiger partial charge in [-0.15, -0.1) is 0 Å². The molecule has 2 N–H and O–H groups in total. The van der Waals surface area contributed by atoms with E-state index in [1.807, 2.05) is 44.2 Å². The second-order valence-corrected chi connectivity index (χ2v) is 11.8. The van der Waals surface area contributed by atoms with Crippen molar-refractivity contribution in [3.05, 3.63) is 99.4 Å². The molecule has 1 aliphatic rings. The summed E-state index contributed by atoms with van der Waals surface area (Å²) in [7, 11) is 0. The van der Waals surface area contributed by atoms with Crippen LogP contribution in [0.15, 0.2) is 59.7 Å². The molecule has 6 rings (SSSR count). The zero-order valence-electron chi connectivity index (χ0n) is 26.7. The summed E-state index contributed by atoms with van der Waals surface area (Å²) in [6, 6.07) is 11.9. The number of hydrogen-bond donors (Lipinski definition) is 2. The van der Waals surface area contributed by atoms with Crippen LogP contribution in [0.4, 0.5) is 8.78 Å². The molecule has 0 saturated carbocycles. The van der Waals surface area contributed by atoms with Gasteiger partial charge in [0.05, 0.1) is 30.0 Å². The topological polar surface area (TPSA) is 148 Å². The molecule has 1 atom stereocenters. The van der Waals surface area contributed by atoms with Crippen LogP contribution in [0.5, 0.6) is 5.75 Å². The van der Waals surface area contributed by atoms with Gasteiger partial charge in [0.15, 0.2) is 28.7 Å². The summed E-state index contributed by atoms with van der Waals surface area (Å²) < 4.78 is 36.5. The second-order valence-electron chi connectivity index (χ2n) is 11.8. The maximum Gasteiger partial charge on any atom is 0.274 e. The van der Waals surface area contributed by atoms with E-state index in [0.717, 1.165) is 18.0 Å². The van der Waals surface area contributed by atoms with Crippen LogP contribution in [-0.4, -0.2) is 59.0 Å². The van der Waals surface area contributed by atoms with Crippen molar-refractivity contribution in [3.8, 4) is 17.3 Å². The number of halogens is 2. The quantitative estimate of drug-likeness (QED) is 0.215. The molecule has 248 valence electrons. The maximum atomic E-state index is 14.9. The standard InChI is InChI=1S/C34H34F2N8O4/c1-4-21(12-26-25(36)17-38-32(40-26)28-24-13-22(35)15-37-31(24)42-41-28)33(46)39-16-23-14-27(45)30(48-18-20-8-6-5-7-9-20)29-34(47)43(19(2)3)10-11-44(23)29/h5-9,13-15,17,19,21H,4,10-12,16,18H2,1-3H3,(H,39,46)(H,37,41,42). The zero-order valence-corrected chi connectivity index (χ0v) is 26.7. The molecule has 12 nitrogen and oxygen atoms in total. The Bertz CT molecular complexity index is 2050. The molecule has 5 heterocycles. The fourth-order valence-electron chi connectivity index (χ4n) is 5.79. The minimum Gasteiger partial charge on any atom is -0.483 e. The number of aromatic amines is 1. The molecule has 0 bridgehead atoms. The van der Waals surface area contributed by atoms with Crippen LogP contribution < -0.4 is 15.5 Å². The predicted octanol–water partition coefficient (Wildman–Crippen LogP) is 4.18. The third-order valence-electron chi connectivity index (χ3n) is 8.39. The fraction of sp³-hybridized carbons (Fsp3) is 0.324. The Morgan fingerprint density at radius 3 is 2.62 bits per heavy atom. The Morgan fingerprint density at radius 2 is 1.88 bits per heavy atom. The summed E-state index contributed by atoms with van der Waals surface area (Å²) in [6.07, 6.45) is 2.35. The van der Waals surface area contributed by atoms with E-state index in [0.29, 0.717) is 30.6 Å². The molecule has 1 unspecified atom stereocenters. The largest absolute Gasteiger partial charge is 0.483 e. The van der Waals surface area contributed by atoms with E-state index in [4.69, 9.17) is 4.74 Å². The average molecular weight is 657 g/mol. The van der Waals surface area contributed by atoms with E-state index in [-0.39, 0.29) is 71.7 Å². The number of fused-ring (bicyclic) bond motifs is 2. The Labute approximate surface area is 274 Å². The van der Waals surface area contributed by atoms with Gasteiger partial charge in [-0.25, -0.2) is 23.7 Å². The highest BCUT2D eigenvalue weighted by Gasteiger charge is 2.32. The highest BCUT2D eigenvalue weighted by atomic mass is 19.1. The molecule has 0 aliphatic carbocycles. The number of carbonyl (C=O) groups excluding carboxylic acids is 2. The maximum absolute atomic E-state index is 14.9. The van der Waals surface area contributed by atoms with E-state index in [1.165, 1.54) is 12.1 Å². The first kappa shape index (κ1) is 32.4. The van der Waals surface area contributed by atoms with E-state index in [1.54, 1.807) is 16.4 Å². The number of H-pyrrole nitrogens is 1. The van der Waals surface area contributed by atoms with Gasteiger partial charge in [0.2, 0.25) is 11.3 Å². The molecule has 0 saturated heterocycles. The molecule has 2 amide bonds. The fourth-order valence-corrected chi connectivity index (χ4v) is 5.79. The summed E-state index contributed by atoms with van der Waals surface area (Å²) in [5, 5.41) is 9.96. The lowest BCUT2D eigenvalue weighted by atomic mass is 9.98. The van der Waals surface area contributed by atoms with Crippen LogP contribution in [0.1, 0.15) is 54.6 Å². The first-order valence-corrected chi connectivity index (χ1v) is 15.7. The SMILES string of the molecule is CCC(Cc1nc(-c2[nH]nc3ncc(F)cc23)ncc1F)C(=O)NCc1cc(=O)c(OCc2ccccc2)c2n1CCN(C(C)C)C2=O. The van der Waals surface area contributed by atoms with E-state index in [2.05, 4.69) is 30.5 Å². The lowest BCUT2D eigenvalue weighted by Crippen LogP contribution is -2.46. The molecule has 0 spiro atoms. The van der Waals surface area contributed by atoms with E-state index < -0.39 is 23.0 Å². The molecule has 0 fully saturated rings. The van der Waals surface area contributed by atoms with Crippen LogP contribution in [0.2, 0.25) is 0 Å². The molecule has 0 radical (unpaired) electrons. The Hall–Kier alpha value is -5.53. The number of benzene rings is 1. The number of pyridine rings is 2. The normalized spacial score (nSPS) is 13.5. The minimum absolute atomic E-state index is 0.00185. The third-order valence-corrected chi connectivity index (χ3v) is 8.39. The van der Waals surface area contributed by atoms with E-state index in [9.17, 15) is 23.2 Å². The van der Waals surface area contributed by atoms with Crippen molar-refractivity contribution in [3.63, 3.8) is 0 Å². The van der Waals surface area contributed by atoms with Gasteiger partial charge in [-0.05, 0) is 31.9 Å². The molecule has 14 heteroatoms. The van der Waals surface area contributed by atoms with Crippen LogP contribution in [0.3, 0.4) is 0 Å². The van der Waals surface area contributed by atoms with E-state index >= 15 is 0 Å². The molecule has 48 heavy (non-hydrogen) atoms. The summed E-state index contributed by atoms with van der Waals surface area (Å²) in [4.78, 5) is 54.5. The molecule has 1 aliphatic heterocycles. The number of hydrogen-bond acceptors (Lipinski definition) is 8. The van der Waals surface area contributed by atoms with Crippen LogP contribution in [0.25, 0.3) is 22.6 Å². The highest BCUT2D eigenvalue weighted by Crippen LogP contribution is 2.26. The van der Waals surface area contributed by atoms with Gasteiger partial charge in [-0.2, -0.15) is 5.10 Å². The molecular formula is C34H34F2N8O4. The van der Waals surface area contributed by atoms with Crippen molar-refractivity contribution in [2.45, 2.75) is 59.4 Å². The van der Waals surface area contributed by atoms with Crippen LogP contribution >= 0.6 is 0 Å². The lowest BCUT2D eigenvalue weighted by Gasteiger charge is -2.35. The summed E-state index contributed by atoms with van der Waals surface area (Å²) in [6.45, 7) is 6.50. The van der Waals surface area contributed by atoms with Gasteiger partial charge in [0, 0.05) is 43.2 Å². The number of nitrogens with zero attached hydrogens (tertiary/aromatic N) is 6. The number of ether oxygens (including phenoxy) is 1. The smallest absolute Gasteiger partial charge is 0.274 e. The first-order valence-electron chi connectivity index (χ1n) is 15.7. The summed E-state index contributed by atoms with van der Waals surface area (Å²) >= 11 is 0. The van der Waals surface area contributed by atoms with Crippen molar-refractivity contribution in [2.75, 3.05) is 6.54 Å². The van der Waals surface area contributed by atoms with Gasteiger partial charge in [0.1, 0.15) is 18.1 Å². The Balaban J connectivity index is 1.22. The van der Waals surface area contributed by atoms with Gasteiger partial charge >= 0.3 is 0 Å². The molecule has 1 aromatic carbocycles. The summed E-state index contributed by atoms with van der Waals surface area (Å²) in [5.74, 6) is -2.61. The summed E-state index contributed by atoms with van der Waals surface area (Å²) in [5.41, 5.74) is 1.50. The van der Waals surface area contributed by atoms with Gasteiger partial charge in [-0.1, -0.05) is 37.3 Å². The molecule has 5 aromatic rings. The molecule has 4 aromatic heterocycles. The predicted molar refractivity (Wildman–Crippen MR) is 172 cm³/mol. The van der Waals surface area contributed by atoms with Crippen molar-refractivity contribution in [2.24, 2.45) is 5.92 Å². The second kappa shape index (κ2) is 13.7. The number of nitrogens with one attached hydrogen (secondary N) is 2. The van der Waals surface area contributed by atoms with Crippen molar-refractivity contribution in [1.82, 2.24) is 39.9 Å². The zero-order chi connectivity index (χ0) is 33.9. The third kappa shape index (κ3) is 6.50. The van der Waals surface area contributed by atoms with Gasteiger partial charge in [0.25, 0.3) is 5.91 Å². The minimum atomic E-state index is -0.696.